The Bertz CT molecular complexity index is 615. The van der Waals surface area contributed by atoms with Crippen molar-refractivity contribution in [3.05, 3.63) is 36.7 Å². The predicted octanol–water partition coefficient (Wildman–Crippen LogP) is 3.84. The van der Waals surface area contributed by atoms with Gasteiger partial charge in [0.25, 0.3) is 0 Å². The van der Waals surface area contributed by atoms with Crippen molar-refractivity contribution in [1.29, 1.82) is 0 Å². The number of nitrogens with two attached hydrogens (primary N) is 1. The summed E-state index contributed by atoms with van der Waals surface area (Å²) in [6.07, 6.45) is 8.38. The van der Waals surface area contributed by atoms with Crippen molar-refractivity contribution in [2.24, 2.45) is 12.8 Å². The van der Waals surface area contributed by atoms with Crippen LogP contribution >= 0.6 is 24.2 Å². The van der Waals surface area contributed by atoms with Gasteiger partial charge in [-0.05, 0) is 43.7 Å². The molecule has 1 heterocycles. The van der Waals surface area contributed by atoms with Gasteiger partial charge >= 0.3 is 0 Å². The number of nitrogens with one attached hydrogen (secondary N) is 1. The first-order valence-electron chi connectivity index (χ1n) is 7.94. The smallest absolute Gasteiger partial charge is 0.224 e. The van der Waals surface area contributed by atoms with Gasteiger partial charge in [-0.2, -0.15) is 0 Å². The number of aromatic nitrogens is 2. The van der Waals surface area contributed by atoms with Crippen LogP contribution < -0.4 is 11.1 Å². The van der Waals surface area contributed by atoms with Crippen LogP contribution in [0.25, 0.3) is 0 Å². The Morgan fingerprint density at radius 2 is 1.92 bits per heavy atom. The first kappa shape index (κ1) is 20.5. The Kier molecular flexibility index (Phi) is 9.52. The molecule has 0 aliphatic heterocycles. The fourth-order valence-corrected chi connectivity index (χ4v) is 2.97. The first-order valence-corrected chi connectivity index (χ1v) is 8.76. The number of anilines is 1. The number of carbonyl (C=O) groups is 1. The molecule has 0 radical (unpaired) electrons. The van der Waals surface area contributed by atoms with Crippen LogP contribution in [0.2, 0.25) is 0 Å². The van der Waals surface area contributed by atoms with Crippen molar-refractivity contribution in [2.45, 2.75) is 42.2 Å². The second kappa shape index (κ2) is 11.1. The van der Waals surface area contributed by atoms with Gasteiger partial charge in [0.15, 0.2) is 5.16 Å². The third-order valence-electron chi connectivity index (χ3n) is 3.48. The van der Waals surface area contributed by atoms with Gasteiger partial charge in [-0.15, -0.1) is 12.4 Å². The summed E-state index contributed by atoms with van der Waals surface area (Å²) in [4.78, 5) is 17.3. The molecule has 1 aromatic carbocycles. The predicted molar refractivity (Wildman–Crippen MR) is 102 cm³/mol. The highest BCUT2D eigenvalue weighted by Crippen LogP contribution is 2.26. The minimum atomic E-state index is 0. The number of carbonyl (C=O) groups excluding carboxylic acids is 1. The number of aryl methyl sites for hydroxylation is 1. The number of hydrogen-bond acceptors (Lipinski definition) is 4. The maximum absolute atomic E-state index is 11.9. The van der Waals surface area contributed by atoms with Gasteiger partial charge in [-0.1, -0.05) is 24.6 Å². The second-order valence-electron chi connectivity index (χ2n) is 5.45. The third-order valence-corrected chi connectivity index (χ3v) is 4.57. The largest absolute Gasteiger partial charge is 0.330 e. The Morgan fingerprint density at radius 3 is 2.54 bits per heavy atom. The highest BCUT2D eigenvalue weighted by molar-refractivity contribution is 7.99. The molecule has 7 heteroatoms. The van der Waals surface area contributed by atoms with Crippen molar-refractivity contribution in [2.75, 3.05) is 11.9 Å². The first-order chi connectivity index (χ1) is 11.2. The highest BCUT2D eigenvalue weighted by atomic mass is 35.5. The van der Waals surface area contributed by atoms with E-state index in [1.165, 1.54) is 0 Å². The summed E-state index contributed by atoms with van der Waals surface area (Å²) in [5, 5.41) is 3.88. The summed E-state index contributed by atoms with van der Waals surface area (Å²) >= 11 is 1.60. The van der Waals surface area contributed by atoms with E-state index in [-0.39, 0.29) is 18.3 Å². The van der Waals surface area contributed by atoms with E-state index in [2.05, 4.69) is 10.3 Å². The maximum Gasteiger partial charge on any atom is 0.224 e. The third kappa shape index (κ3) is 6.95. The average Bonchev–Trinajstić information content (AvgIpc) is 2.94. The van der Waals surface area contributed by atoms with Crippen LogP contribution in [-0.4, -0.2) is 22.0 Å². The van der Waals surface area contributed by atoms with E-state index < -0.39 is 0 Å². The lowest BCUT2D eigenvalue weighted by molar-refractivity contribution is -0.116. The maximum atomic E-state index is 11.9. The Balaban J connectivity index is 0.00000288. The normalized spacial score (nSPS) is 10.2. The number of halogens is 1. The van der Waals surface area contributed by atoms with Crippen molar-refractivity contribution < 1.29 is 4.79 Å². The number of rotatable bonds is 9. The van der Waals surface area contributed by atoms with Crippen LogP contribution in [0.1, 0.15) is 32.1 Å². The highest BCUT2D eigenvalue weighted by Gasteiger charge is 2.05. The molecule has 1 amide bonds. The molecule has 0 aliphatic rings. The summed E-state index contributed by atoms with van der Waals surface area (Å²) in [5.41, 5.74) is 6.28. The number of imidazole rings is 1. The average molecular weight is 369 g/mol. The van der Waals surface area contributed by atoms with Crippen LogP contribution in [0.5, 0.6) is 0 Å². The molecule has 24 heavy (non-hydrogen) atoms. The number of benzene rings is 1. The summed E-state index contributed by atoms with van der Waals surface area (Å²) in [6, 6.07) is 7.85. The summed E-state index contributed by atoms with van der Waals surface area (Å²) in [6.45, 7) is 0.731. The molecule has 1 aromatic heterocycles. The topological polar surface area (TPSA) is 72.9 Å². The van der Waals surface area contributed by atoms with E-state index in [0.717, 1.165) is 48.0 Å². The SMILES string of the molecule is Cl.Cn1ccnc1Sc1ccc(NC(=O)CCCCCCN)cc1. The van der Waals surface area contributed by atoms with Gasteiger partial charge in [0.05, 0.1) is 0 Å². The number of nitrogens with zero attached hydrogens (tertiary/aromatic N) is 2. The molecule has 2 aromatic rings. The molecule has 0 unspecified atom stereocenters. The van der Waals surface area contributed by atoms with Gasteiger partial charge in [0.2, 0.25) is 5.91 Å². The van der Waals surface area contributed by atoms with E-state index in [1.54, 1.807) is 18.0 Å². The molecule has 0 fully saturated rings. The minimum absolute atomic E-state index is 0. The molecule has 3 N–H and O–H groups in total. The molecule has 0 spiro atoms. The van der Waals surface area contributed by atoms with Gasteiger partial charge < -0.3 is 15.6 Å². The van der Waals surface area contributed by atoms with Gasteiger partial charge in [-0.3, -0.25) is 4.79 Å². The fraction of sp³-hybridized carbons (Fsp3) is 0.412. The zero-order valence-corrected chi connectivity index (χ0v) is 15.5. The molecular formula is C17H25ClN4OS. The molecule has 0 saturated carbocycles. The number of amides is 1. The Hall–Kier alpha value is -1.50. The van der Waals surface area contributed by atoms with Gasteiger partial charge in [0, 0.05) is 36.4 Å². The van der Waals surface area contributed by atoms with Gasteiger partial charge in [0.1, 0.15) is 0 Å². The molecular weight excluding hydrogens is 344 g/mol. The molecule has 132 valence electrons. The standard InChI is InChI=1S/C17H24N4OS.ClH/c1-21-13-12-19-17(21)23-15-9-7-14(8-10-15)20-16(22)6-4-2-3-5-11-18;/h7-10,12-13H,2-6,11,18H2,1H3,(H,20,22);1H. The summed E-state index contributed by atoms with van der Waals surface area (Å²) < 4.78 is 1.98. The van der Waals surface area contributed by atoms with Crippen LogP contribution in [0.15, 0.2) is 46.7 Å². The molecule has 2 rings (SSSR count). The Morgan fingerprint density at radius 1 is 1.21 bits per heavy atom. The number of hydrogen-bond donors (Lipinski definition) is 2. The zero-order chi connectivity index (χ0) is 16.5. The lowest BCUT2D eigenvalue weighted by atomic mass is 10.1. The lowest BCUT2D eigenvalue weighted by Crippen LogP contribution is -2.11. The fourth-order valence-electron chi connectivity index (χ4n) is 2.17. The molecule has 5 nitrogen and oxygen atoms in total. The van der Waals surface area contributed by atoms with Crippen LogP contribution in [0, 0.1) is 0 Å². The van der Waals surface area contributed by atoms with E-state index in [1.807, 2.05) is 42.1 Å². The zero-order valence-electron chi connectivity index (χ0n) is 13.9. The monoisotopic (exact) mass is 368 g/mol. The quantitative estimate of drug-likeness (QED) is 0.659. The van der Waals surface area contributed by atoms with Crippen LogP contribution in [0.3, 0.4) is 0 Å². The second-order valence-corrected chi connectivity index (χ2v) is 6.49. The van der Waals surface area contributed by atoms with Gasteiger partial charge in [-0.25, -0.2) is 4.98 Å². The van der Waals surface area contributed by atoms with Crippen molar-refractivity contribution >= 4 is 35.8 Å². The van der Waals surface area contributed by atoms with Crippen LogP contribution in [0.4, 0.5) is 5.69 Å². The van der Waals surface area contributed by atoms with E-state index >= 15 is 0 Å². The van der Waals surface area contributed by atoms with Crippen molar-refractivity contribution in [3.63, 3.8) is 0 Å². The van der Waals surface area contributed by atoms with E-state index in [9.17, 15) is 4.79 Å². The molecule has 0 atom stereocenters. The minimum Gasteiger partial charge on any atom is -0.330 e. The number of unbranched alkanes of at least 4 members (excludes halogenated alkanes) is 3. The molecule has 0 bridgehead atoms. The summed E-state index contributed by atoms with van der Waals surface area (Å²) in [5.74, 6) is 0.0715. The van der Waals surface area contributed by atoms with E-state index in [4.69, 9.17) is 5.73 Å². The van der Waals surface area contributed by atoms with Crippen molar-refractivity contribution in [1.82, 2.24) is 9.55 Å². The Labute approximate surface area is 153 Å². The summed E-state index contributed by atoms with van der Waals surface area (Å²) in [7, 11) is 1.97. The lowest BCUT2D eigenvalue weighted by Gasteiger charge is -2.07. The molecule has 0 aliphatic carbocycles. The van der Waals surface area contributed by atoms with E-state index in [0.29, 0.717) is 6.42 Å². The molecule has 0 saturated heterocycles. The van der Waals surface area contributed by atoms with Crippen LogP contribution in [-0.2, 0) is 11.8 Å². The van der Waals surface area contributed by atoms with Crippen molar-refractivity contribution in [3.8, 4) is 0 Å².